The average Bonchev–Trinajstić information content (AvgIpc) is 2.93. The molecule has 0 aliphatic heterocycles. The SMILES string of the molecule is CC(C)N(Cc1nccn1Cc1c(F)cccc1Cl)C(=O)C1CCC1. The molecule has 1 saturated carbocycles. The first-order valence-corrected chi connectivity index (χ1v) is 9.08. The number of amides is 1. The second-order valence-corrected chi connectivity index (χ2v) is 7.27. The third kappa shape index (κ3) is 3.87. The molecule has 1 aliphatic carbocycles. The summed E-state index contributed by atoms with van der Waals surface area (Å²) >= 11 is 6.14. The van der Waals surface area contributed by atoms with Gasteiger partial charge >= 0.3 is 0 Å². The Bertz CT molecular complexity index is 735. The van der Waals surface area contributed by atoms with Gasteiger partial charge in [-0.1, -0.05) is 24.1 Å². The average molecular weight is 364 g/mol. The molecule has 0 spiro atoms. The molecule has 0 radical (unpaired) electrons. The number of aromatic nitrogens is 2. The van der Waals surface area contributed by atoms with Crippen LogP contribution < -0.4 is 0 Å². The third-order valence-corrected chi connectivity index (χ3v) is 5.22. The molecule has 0 N–H and O–H groups in total. The van der Waals surface area contributed by atoms with E-state index in [1.54, 1.807) is 24.5 Å². The smallest absolute Gasteiger partial charge is 0.226 e. The van der Waals surface area contributed by atoms with Crippen molar-refractivity contribution in [1.82, 2.24) is 14.5 Å². The maximum absolute atomic E-state index is 14.1. The lowest BCUT2D eigenvalue weighted by atomic mass is 9.84. The predicted molar refractivity (Wildman–Crippen MR) is 95.8 cm³/mol. The zero-order valence-corrected chi connectivity index (χ0v) is 15.3. The van der Waals surface area contributed by atoms with E-state index in [9.17, 15) is 9.18 Å². The summed E-state index contributed by atoms with van der Waals surface area (Å²) in [5.41, 5.74) is 0.435. The summed E-state index contributed by atoms with van der Waals surface area (Å²) in [7, 11) is 0. The van der Waals surface area contributed by atoms with Crippen molar-refractivity contribution in [3.8, 4) is 0 Å². The van der Waals surface area contributed by atoms with Crippen molar-refractivity contribution in [3.63, 3.8) is 0 Å². The van der Waals surface area contributed by atoms with E-state index in [0.29, 0.717) is 23.7 Å². The number of rotatable bonds is 6. The topological polar surface area (TPSA) is 38.1 Å². The lowest BCUT2D eigenvalue weighted by Crippen LogP contribution is -2.43. The minimum atomic E-state index is -0.335. The van der Waals surface area contributed by atoms with Crippen molar-refractivity contribution in [2.24, 2.45) is 5.92 Å². The molecule has 4 nitrogen and oxygen atoms in total. The summed E-state index contributed by atoms with van der Waals surface area (Å²) in [6, 6.07) is 4.76. The highest BCUT2D eigenvalue weighted by atomic mass is 35.5. The van der Waals surface area contributed by atoms with Gasteiger partial charge in [0.25, 0.3) is 0 Å². The number of carbonyl (C=O) groups is 1. The standard InChI is InChI=1S/C19H23ClFN3O/c1-13(2)24(19(25)14-5-3-6-14)12-18-22-9-10-23(18)11-15-16(20)7-4-8-17(15)21/h4,7-10,13-14H,3,5-6,11-12H2,1-2H3. The number of hydrogen-bond donors (Lipinski definition) is 0. The van der Waals surface area contributed by atoms with Crippen molar-refractivity contribution >= 4 is 17.5 Å². The lowest BCUT2D eigenvalue weighted by molar-refractivity contribution is -0.140. The molecule has 2 aromatic rings. The van der Waals surface area contributed by atoms with E-state index in [1.807, 2.05) is 23.3 Å². The Kier molecular flexibility index (Phi) is 5.42. The van der Waals surface area contributed by atoms with Crippen molar-refractivity contribution < 1.29 is 9.18 Å². The van der Waals surface area contributed by atoms with Gasteiger partial charge in [-0.15, -0.1) is 0 Å². The van der Waals surface area contributed by atoms with Crippen molar-refractivity contribution in [2.75, 3.05) is 0 Å². The number of halogens is 2. The van der Waals surface area contributed by atoms with Gasteiger partial charge in [0, 0.05) is 34.9 Å². The quantitative estimate of drug-likeness (QED) is 0.769. The number of imidazole rings is 1. The van der Waals surface area contributed by atoms with Crippen LogP contribution >= 0.6 is 11.6 Å². The van der Waals surface area contributed by atoms with E-state index in [2.05, 4.69) is 4.98 Å². The molecule has 0 bridgehead atoms. The molecule has 0 unspecified atom stereocenters. The number of hydrogen-bond acceptors (Lipinski definition) is 2. The fourth-order valence-electron chi connectivity index (χ4n) is 3.05. The van der Waals surface area contributed by atoms with Crippen LogP contribution in [0.1, 0.15) is 44.5 Å². The number of carbonyl (C=O) groups excluding carboxylic acids is 1. The van der Waals surface area contributed by atoms with Crippen LogP contribution in [0.5, 0.6) is 0 Å². The maximum Gasteiger partial charge on any atom is 0.226 e. The fourth-order valence-corrected chi connectivity index (χ4v) is 3.27. The Morgan fingerprint density at radius 3 is 2.80 bits per heavy atom. The summed E-state index contributed by atoms with van der Waals surface area (Å²) in [6.07, 6.45) is 6.55. The molecule has 134 valence electrons. The second kappa shape index (κ2) is 7.56. The molecule has 0 atom stereocenters. The normalized spacial score (nSPS) is 14.6. The molecule has 0 saturated heterocycles. The van der Waals surface area contributed by atoms with Gasteiger partial charge < -0.3 is 9.47 Å². The summed E-state index contributed by atoms with van der Waals surface area (Å²) in [6.45, 7) is 4.74. The number of nitrogens with zero attached hydrogens (tertiary/aromatic N) is 3. The van der Waals surface area contributed by atoms with E-state index in [4.69, 9.17) is 11.6 Å². The van der Waals surface area contributed by atoms with Crippen molar-refractivity contribution in [3.05, 3.63) is 52.8 Å². The molecule has 1 aromatic heterocycles. The second-order valence-electron chi connectivity index (χ2n) is 6.86. The van der Waals surface area contributed by atoms with E-state index in [-0.39, 0.29) is 23.7 Å². The van der Waals surface area contributed by atoms with Crippen LogP contribution in [-0.2, 0) is 17.9 Å². The van der Waals surface area contributed by atoms with E-state index in [0.717, 1.165) is 25.1 Å². The molecule has 6 heteroatoms. The molecule has 1 heterocycles. The molecular formula is C19H23ClFN3O. The summed E-state index contributed by atoms with van der Waals surface area (Å²) < 4.78 is 15.9. The zero-order valence-electron chi connectivity index (χ0n) is 14.6. The van der Waals surface area contributed by atoms with Crippen molar-refractivity contribution in [2.45, 2.75) is 52.2 Å². The molecular weight excluding hydrogens is 341 g/mol. The first-order valence-electron chi connectivity index (χ1n) is 8.70. The minimum absolute atomic E-state index is 0.0929. The highest BCUT2D eigenvalue weighted by Gasteiger charge is 2.31. The Morgan fingerprint density at radius 2 is 2.20 bits per heavy atom. The largest absolute Gasteiger partial charge is 0.333 e. The van der Waals surface area contributed by atoms with Gasteiger partial charge in [0.15, 0.2) is 0 Å². The minimum Gasteiger partial charge on any atom is -0.333 e. The van der Waals surface area contributed by atoms with Crippen molar-refractivity contribution in [1.29, 1.82) is 0 Å². The van der Waals surface area contributed by atoms with E-state index >= 15 is 0 Å². The van der Waals surface area contributed by atoms with Crippen LogP contribution in [0.25, 0.3) is 0 Å². The van der Waals surface area contributed by atoms with Gasteiger partial charge in [0.2, 0.25) is 5.91 Å². The number of benzene rings is 1. The first kappa shape index (κ1) is 17.9. The Hall–Kier alpha value is -1.88. The Morgan fingerprint density at radius 1 is 1.44 bits per heavy atom. The molecule has 1 aliphatic rings. The van der Waals surface area contributed by atoms with Gasteiger partial charge in [-0.2, -0.15) is 0 Å². The lowest BCUT2D eigenvalue weighted by Gasteiger charge is -2.34. The van der Waals surface area contributed by atoms with Crippen LogP contribution in [0.2, 0.25) is 5.02 Å². The predicted octanol–water partition coefficient (Wildman–Crippen LogP) is 4.26. The van der Waals surface area contributed by atoms with Gasteiger partial charge in [0.1, 0.15) is 11.6 Å². The van der Waals surface area contributed by atoms with E-state index < -0.39 is 0 Å². The molecule has 25 heavy (non-hydrogen) atoms. The monoisotopic (exact) mass is 363 g/mol. The Balaban J connectivity index is 1.79. The van der Waals surface area contributed by atoms with Gasteiger partial charge in [0.05, 0.1) is 13.1 Å². The van der Waals surface area contributed by atoms with Crippen LogP contribution in [-0.4, -0.2) is 26.4 Å². The molecule has 1 amide bonds. The van der Waals surface area contributed by atoms with Gasteiger partial charge in [-0.3, -0.25) is 4.79 Å². The highest BCUT2D eigenvalue weighted by molar-refractivity contribution is 6.31. The summed E-state index contributed by atoms with van der Waals surface area (Å²) in [4.78, 5) is 18.9. The van der Waals surface area contributed by atoms with Gasteiger partial charge in [-0.25, -0.2) is 9.37 Å². The maximum atomic E-state index is 14.1. The van der Waals surface area contributed by atoms with E-state index in [1.165, 1.54) is 6.07 Å². The van der Waals surface area contributed by atoms with Crippen LogP contribution in [0.4, 0.5) is 4.39 Å². The van der Waals surface area contributed by atoms with Gasteiger partial charge in [-0.05, 0) is 38.8 Å². The third-order valence-electron chi connectivity index (χ3n) is 4.86. The molecule has 1 fully saturated rings. The first-order chi connectivity index (χ1) is 12.0. The molecule has 3 rings (SSSR count). The van der Waals surface area contributed by atoms with Crippen LogP contribution in [0.15, 0.2) is 30.6 Å². The van der Waals surface area contributed by atoms with Crippen LogP contribution in [0.3, 0.4) is 0 Å². The summed E-state index contributed by atoms with van der Waals surface area (Å²) in [5.74, 6) is 0.741. The highest BCUT2D eigenvalue weighted by Crippen LogP contribution is 2.29. The fraction of sp³-hybridized carbons (Fsp3) is 0.474. The molecule has 1 aromatic carbocycles. The van der Waals surface area contributed by atoms with Crippen LogP contribution in [0, 0.1) is 11.7 Å². The summed E-state index contributed by atoms with van der Waals surface area (Å²) in [5, 5.41) is 0.394. The zero-order chi connectivity index (χ0) is 18.0. The Labute approximate surface area is 152 Å².